The van der Waals surface area contributed by atoms with E-state index in [0.29, 0.717) is 24.6 Å². The van der Waals surface area contributed by atoms with Crippen LogP contribution in [-0.4, -0.2) is 54.3 Å². The summed E-state index contributed by atoms with van der Waals surface area (Å²) < 4.78 is 1.71. The Morgan fingerprint density at radius 2 is 2.30 bits per heavy atom. The van der Waals surface area contributed by atoms with E-state index in [9.17, 15) is 4.79 Å². The first-order valence-electron chi connectivity index (χ1n) is 8.44. The summed E-state index contributed by atoms with van der Waals surface area (Å²) in [5, 5.41) is 4.90. The molecule has 27 heavy (non-hydrogen) atoms. The molecule has 1 N–H and O–H groups in total. The maximum Gasteiger partial charge on any atom is 0.246 e. The molecule has 1 aliphatic rings. The van der Waals surface area contributed by atoms with Crippen LogP contribution < -0.4 is 0 Å². The van der Waals surface area contributed by atoms with Gasteiger partial charge in [-0.2, -0.15) is 5.10 Å². The van der Waals surface area contributed by atoms with Crippen molar-refractivity contribution < 1.29 is 4.79 Å². The fourth-order valence-electron chi connectivity index (χ4n) is 2.91. The number of aryl methyl sites for hydroxylation is 1. The topological polar surface area (TPSA) is 92.1 Å². The number of amides is 1. The minimum atomic E-state index is -0.0809. The number of H-pyrrole nitrogens is 1. The van der Waals surface area contributed by atoms with Gasteiger partial charge in [0.1, 0.15) is 12.0 Å². The van der Waals surface area contributed by atoms with Gasteiger partial charge in [-0.15, -0.1) is 0 Å². The predicted octanol–water partition coefficient (Wildman–Crippen LogP) is 1.58. The zero-order valence-corrected chi connectivity index (χ0v) is 14.8. The Hall–Kier alpha value is -3.73. The van der Waals surface area contributed by atoms with Gasteiger partial charge in [-0.05, 0) is 18.1 Å². The summed E-state index contributed by atoms with van der Waals surface area (Å²) in [6.07, 6.45) is 7.08. The molecule has 1 fully saturated rings. The average Bonchev–Trinajstić information content (AvgIpc) is 3.39. The van der Waals surface area contributed by atoms with Gasteiger partial charge < -0.3 is 9.88 Å². The number of nitrogens with one attached hydrogen (secondary N) is 1. The van der Waals surface area contributed by atoms with E-state index in [1.54, 1.807) is 15.8 Å². The number of aromatic amines is 1. The third-order valence-corrected chi connectivity index (χ3v) is 4.24. The molecule has 3 aromatic rings. The maximum absolute atomic E-state index is 11.7. The molecule has 0 saturated carbocycles. The van der Waals surface area contributed by atoms with Gasteiger partial charge in [0.25, 0.3) is 0 Å². The lowest BCUT2D eigenvalue weighted by atomic mass is 10.3. The highest BCUT2D eigenvalue weighted by Crippen LogP contribution is 2.24. The second-order valence-electron chi connectivity index (χ2n) is 6.19. The van der Waals surface area contributed by atoms with Crippen molar-refractivity contribution in [3.8, 4) is 11.8 Å². The van der Waals surface area contributed by atoms with Crippen LogP contribution in [0.5, 0.6) is 0 Å². The number of hydrogen-bond acceptors (Lipinski definition) is 5. The average molecular weight is 359 g/mol. The number of carbonyl (C=O) groups is 1. The van der Waals surface area contributed by atoms with E-state index in [1.807, 2.05) is 19.3 Å². The third kappa shape index (κ3) is 3.48. The van der Waals surface area contributed by atoms with Crippen molar-refractivity contribution in [1.29, 1.82) is 0 Å². The van der Waals surface area contributed by atoms with Crippen LogP contribution in [0.3, 0.4) is 0 Å². The smallest absolute Gasteiger partial charge is 0.246 e. The molecule has 4 rings (SSSR count). The molecule has 1 saturated heterocycles. The van der Waals surface area contributed by atoms with Gasteiger partial charge >= 0.3 is 0 Å². The summed E-state index contributed by atoms with van der Waals surface area (Å²) in [6.45, 7) is 4.66. The summed E-state index contributed by atoms with van der Waals surface area (Å²) in [7, 11) is 1.85. The number of hydrogen-bond donors (Lipinski definition) is 1. The molecule has 4 heterocycles. The van der Waals surface area contributed by atoms with Crippen molar-refractivity contribution >= 4 is 28.5 Å². The zero-order chi connectivity index (χ0) is 18.8. The number of carbonyl (C=O) groups excluding carboxylic acids is 1. The Kier molecular flexibility index (Phi) is 4.26. The molecular weight excluding hydrogens is 342 g/mol. The molecule has 0 atom stereocenters. The fraction of sp³-hybridized carbons (Fsp3) is 0.211. The molecule has 0 bridgehead atoms. The summed E-state index contributed by atoms with van der Waals surface area (Å²) in [4.78, 5) is 29.8. The number of nitrogens with zero attached hydrogens (tertiary/aromatic N) is 6. The van der Waals surface area contributed by atoms with Gasteiger partial charge in [0.05, 0.1) is 29.4 Å². The third-order valence-electron chi connectivity index (χ3n) is 4.24. The van der Waals surface area contributed by atoms with E-state index >= 15 is 0 Å². The minimum absolute atomic E-state index is 0.0809. The van der Waals surface area contributed by atoms with Gasteiger partial charge in [-0.1, -0.05) is 12.5 Å². The molecule has 8 heteroatoms. The van der Waals surface area contributed by atoms with Crippen LogP contribution in [0, 0.1) is 11.8 Å². The summed E-state index contributed by atoms with van der Waals surface area (Å²) in [6, 6.07) is 1.89. The SMILES string of the molecule is C=CC(=O)N1CCC(=Nc2ncnc3[nH]c(C#Cc4cnn(C)c4)cc23)C1. The van der Waals surface area contributed by atoms with Crippen LogP contribution in [-0.2, 0) is 11.8 Å². The Bertz CT molecular complexity index is 1130. The highest BCUT2D eigenvalue weighted by Gasteiger charge is 2.21. The van der Waals surface area contributed by atoms with E-state index < -0.39 is 0 Å². The molecule has 0 radical (unpaired) electrons. The Balaban J connectivity index is 1.62. The summed E-state index contributed by atoms with van der Waals surface area (Å²) >= 11 is 0. The van der Waals surface area contributed by atoms with Gasteiger partial charge in [-0.3, -0.25) is 9.48 Å². The number of aromatic nitrogens is 5. The summed E-state index contributed by atoms with van der Waals surface area (Å²) in [5.41, 5.74) is 3.15. The monoisotopic (exact) mass is 359 g/mol. The van der Waals surface area contributed by atoms with Crippen LogP contribution in [0.4, 0.5) is 5.82 Å². The lowest BCUT2D eigenvalue weighted by molar-refractivity contribution is -0.124. The molecule has 0 spiro atoms. The highest BCUT2D eigenvalue weighted by molar-refractivity contribution is 5.99. The maximum atomic E-state index is 11.7. The first kappa shape index (κ1) is 16.7. The van der Waals surface area contributed by atoms with Crippen molar-refractivity contribution in [3.63, 3.8) is 0 Å². The normalized spacial score (nSPS) is 15.1. The molecule has 0 aromatic carbocycles. The van der Waals surface area contributed by atoms with Crippen LogP contribution in [0.2, 0.25) is 0 Å². The van der Waals surface area contributed by atoms with E-state index in [0.717, 1.165) is 28.8 Å². The van der Waals surface area contributed by atoms with Crippen LogP contribution in [0.15, 0.2) is 42.4 Å². The van der Waals surface area contributed by atoms with Crippen molar-refractivity contribution in [2.75, 3.05) is 13.1 Å². The van der Waals surface area contributed by atoms with Crippen molar-refractivity contribution in [3.05, 3.63) is 48.7 Å². The molecule has 0 unspecified atom stereocenters. The quantitative estimate of drug-likeness (QED) is 0.555. The van der Waals surface area contributed by atoms with Gasteiger partial charge in [-0.25, -0.2) is 15.0 Å². The number of aliphatic imine (C=N–C) groups is 1. The lowest BCUT2D eigenvalue weighted by Gasteiger charge is -2.10. The molecule has 1 aliphatic heterocycles. The van der Waals surface area contributed by atoms with Crippen LogP contribution in [0.25, 0.3) is 11.0 Å². The lowest BCUT2D eigenvalue weighted by Crippen LogP contribution is -2.26. The predicted molar refractivity (Wildman–Crippen MR) is 102 cm³/mol. The molecule has 3 aromatic heterocycles. The van der Waals surface area contributed by atoms with Gasteiger partial charge in [0, 0.05) is 31.9 Å². The Morgan fingerprint density at radius 1 is 1.41 bits per heavy atom. The van der Waals surface area contributed by atoms with Gasteiger partial charge in [0.15, 0.2) is 5.82 Å². The number of likely N-dealkylation sites (tertiary alicyclic amines) is 1. The first-order chi connectivity index (χ1) is 13.1. The minimum Gasteiger partial charge on any atom is -0.333 e. The second kappa shape index (κ2) is 6.88. The molecule has 134 valence electrons. The molecular formula is C19H17N7O. The largest absolute Gasteiger partial charge is 0.333 e. The van der Waals surface area contributed by atoms with E-state index in [-0.39, 0.29) is 5.91 Å². The van der Waals surface area contributed by atoms with Gasteiger partial charge in [0.2, 0.25) is 5.91 Å². The molecule has 0 aliphatic carbocycles. The summed E-state index contributed by atoms with van der Waals surface area (Å²) in [5.74, 6) is 6.63. The van der Waals surface area contributed by atoms with Crippen molar-refractivity contribution in [2.45, 2.75) is 6.42 Å². The van der Waals surface area contributed by atoms with E-state index in [4.69, 9.17) is 0 Å². The standard InChI is InChI=1S/C19H17N7O/c1-3-17(27)26-7-6-15(11-26)24-19-16-8-14(23-18(16)20-12-21-19)5-4-13-9-22-25(2)10-13/h3,8-10,12H,1,6-7,11H2,2H3,(H,20,21,23). The number of rotatable bonds is 2. The molecule has 8 nitrogen and oxygen atoms in total. The van der Waals surface area contributed by atoms with E-state index in [1.165, 1.54) is 12.4 Å². The van der Waals surface area contributed by atoms with Crippen LogP contribution >= 0.6 is 0 Å². The van der Waals surface area contributed by atoms with Crippen molar-refractivity contribution in [1.82, 2.24) is 29.6 Å². The Morgan fingerprint density at radius 3 is 3.07 bits per heavy atom. The Labute approximate surface area is 155 Å². The highest BCUT2D eigenvalue weighted by atomic mass is 16.2. The molecule has 1 amide bonds. The second-order valence-corrected chi connectivity index (χ2v) is 6.19. The zero-order valence-electron chi connectivity index (χ0n) is 14.8. The van der Waals surface area contributed by atoms with Crippen LogP contribution in [0.1, 0.15) is 17.7 Å². The van der Waals surface area contributed by atoms with Crippen molar-refractivity contribution in [2.24, 2.45) is 12.0 Å². The van der Waals surface area contributed by atoms with E-state index in [2.05, 4.69) is 43.5 Å². The first-order valence-corrected chi connectivity index (χ1v) is 8.44. The fourth-order valence-corrected chi connectivity index (χ4v) is 2.91. The number of fused-ring (bicyclic) bond motifs is 1.